The van der Waals surface area contributed by atoms with Crippen LogP contribution in [0.4, 0.5) is 0 Å². The molecule has 0 aromatic heterocycles. The maximum absolute atomic E-state index is 8.42. The fourth-order valence-electron chi connectivity index (χ4n) is 0. The first-order chi connectivity index (χ1) is 1.73. The zero-order chi connectivity index (χ0) is 3.58. The van der Waals surface area contributed by atoms with Crippen LogP contribution >= 0.6 is 0 Å². The Morgan fingerprint density at radius 2 is 1.14 bits per heavy atom. The normalized spacial score (nSPS) is 3.86. The molecule has 0 saturated heterocycles. The standard InChI is InChI=1S/Al.BO3.Ba.H2O.2H/c;2-1(3)4;;;;/h;;;1H2;;/q+3;-3;+2;;2*-1. The summed E-state index contributed by atoms with van der Waals surface area (Å²) in [4.78, 5) is 0. The van der Waals surface area contributed by atoms with Gasteiger partial charge in [0.2, 0.25) is 0 Å². The van der Waals surface area contributed by atoms with Crippen molar-refractivity contribution in [3.05, 3.63) is 0 Å². The van der Waals surface area contributed by atoms with Gasteiger partial charge in [0.05, 0.1) is 0 Å². The second-order valence-electron chi connectivity index (χ2n) is 0.289. The Morgan fingerprint density at radius 1 is 1.14 bits per heavy atom. The van der Waals surface area contributed by atoms with Crippen molar-refractivity contribution < 1.29 is 23.4 Å². The van der Waals surface area contributed by atoms with Crippen LogP contribution < -0.4 is 15.1 Å². The van der Waals surface area contributed by atoms with E-state index in [2.05, 4.69) is 0 Å². The first-order valence-corrected chi connectivity index (χ1v) is 0.707. The van der Waals surface area contributed by atoms with Crippen molar-refractivity contribution in [3.8, 4) is 0 Å². The maximum atomic E-state index is 8.42. The summed E-state index contributed by atoms with van der Waals surface area (Å²) in [5.74, 6) is 0. The van der Waals surface area contributed by atoms with Crippen molar-refractivity contribution in [2.75, 3.05) is 0 Å². The van der Waals surface area contributed by atoms with Gasteiger partial charge in [0.1, 0.15) is 0 Å². The smallest absolute Gasteiger partial charge is 1.00 e. The van der Waals surface area contributed by atoms with Gasteiger partial charge in [-0.05, 0) is 0 Å². The minimum Gasteiger partial charge on any atom is -1.00 e. The molecule has 0 amide bonds. The molecule has 4 nitrogen and oxygen atoms in total. The van der Waals surface area contributed by atoms with Gasteiger partial charge in [-0.25, -0.2) is 0 Å². The van der Waals surface area contributed by atoms with E-state index in [4.69, 9.17) is 15.1 Å². The van der Waals surface area contributed by atoms with E-state index < -0.39 is 7.32 Å². The van der Waals surface area contributed by atoms with Crippen LogP contribution in [0, 0.1) is 0 Å². The van der Waals surface area contributed by atoms with E-state index in [-0.39, 0.29) is 74.6 Å². The fraction of sp³-hybridized carbons (Fsp3) is 0. The molecule has 0 radical (unpaired) electrons. The average Bonchev–Trinajstić information content (AvgIpc) is 0.811. The number of hydrogen-bond donors (Lipinski definition) is 0. The molecule has 0 rings (SSSR count). The van der Waals surface area contributed by atoms with Crippen molar-refractivity contribution in [1.82, 2.24) is 0 Å². The first-order valence-electron chi connectivity index (χ1n) is 0.707. The van der Waals surface area contributed by atoms with Crippen LogP contribution in [-0.2, 0) is 0 Å². The van der Waals surface area contributed by atoms with Crippen LogP contribution in [-0.4, -0.2) is 79.0 Å². The Morgan fingerprint density at radius 3 is 1.14 bits per heavy atom. The van der Waals surface area contributed by atoms with Crippen molar-refractivity contribution in [2.45, 2.75) is 0 Å². The van der Waals surface area contributed by atoms with Gasteiger partial charge < -0.3 is 23.4 Å². The van der Waals surface area contributed by atoms with Gasteiger partial charge in [-0.2, -0.15) is 0 Å². The van der Waals surface area contributed by atoms with Crippen molar-refractivity contribution in [2.24, 2.45) is 0 Å². The van der Waals surface area contributed by atoms with E-state index in [0.29, 0.717) is 0 Å². The third-order valence-corrected chi connectivity index (χ3v) is 0. The summed E-state index contributed by atoms with van der Waals surface area (Å²) in [6.07, 6.45) is 0. The summed E-state index contributed by atoms with van der Waals surface area (Å²) in [7, 11) is -2.92. The molecule has 0 aliphatic rings. The quantitative estimate of drug-likeness (QED) is 0.397. The zero-order valence-electron chi connectivity index (χ0n) is 5.59. The molecule has 2 N–H and O–H groups in total. The predicted octanol–water partition coefficient (Wildman–Crippen LogP) is -5.31. The van der Waals surface area contributed by atoms with Crippen LogP contribution in [0.3, 0.4) is 0 Å². The SMILES string of the molecule is O.[Al+3].[Ba+2].[H-].[H-].[O-]B([O-])[O-]. The molecule has 0 bridgehead atoms. The van der Waals surface area contributed by atoms with E-state index in [1.54, 1.807) is 0 Å². The van der Waals surface area contributed by atoms with Gasteiger partial charge in [0.25, 0.3) is 0 Å². The second kappa shape index (κ2) is 15.7. The number of rotatable bonds is 0. The summed E-state index contributed by atoms with van der Waals surface area (Å²) in [6, 6.07) is 0. The second-order valence-corrected chi connectivity index (χ2v) is 0.289. The van der Waals surface area contributed by atoms with Crippen LogP contribution in [0.15, 0.2) is 0 Å². The predicted molar refractivity (Wildman–Crippen MR) is 23.1 cm³/mol. The third kappa shape index (κ3) is 71.7. The minimum absolute atomic E-state index is 0. The molecular formula is H4AlBBaO4. The summed E-state index contributed by atoms with van der Waals surface area (Å²) in [5.41, 5.74) is 0. The molecule has 0 atom stereocenters. The van der Waals surface area contributed by atoms with Gasteiger partial charge in [0.15, 0.2) is 0 Å². The molecule has 0 spiro atoms. The van der Waals surface area contributed by atoms with E-state index in [0.717, 1.165) is 0 Å². The Hall–Kier alpha value is 2.01. The average molecular weight is 243 g/mol. The largest absolute Gasteiger partial charge is 3.00 e. The van der Waals surface area contributed by atoms with Gasteiger partial charge in [-0.3, -0.25) is 7.32 Å². The van der Waals surface area contributed by atoms with Gasteiger partial charge in [-0.1, -0.05) is 0 Å². The van der Waals surface area contributed by atoms with E-state index in [9.17, 15) is 0 Å². The molecule has 0 fully saturated rings. The van der Waals surface area contributed by atoms with Crippen LogP contribution in [0.2, 0.25) is 0 Å². The summed E-state index contributed by atoms with van der Waals surface area (Å²) in [6.45, 7) is 0. The zero-order valence-corrected chi connectivity index (χ0v) is 9.18. The van der Waals surface area contributed by atoms with E-state index in [1.807, 2.05) is 0 Å². The summed E-state index contributed by atoms with van der Waals surface area (Å²) < 4.78 is 0. The van der Waals surface area contributed by atoms with Gasteiger partial charge >= 0.3 is 66.2 Å². The molecule has 0 aromatic rings. The molecule has 0 aromatic carbocycles. The first kappa shape index (κ1) is 23.0. The Balaban J connectivity index is -0.00000000450. The molecule has 0 heterocycles. The van der Waals surface area contributed by atoms with Crippen molar-refractivity contribution in [1.29, 1.82) is 0 Å². The van der Waals surface area contributed by atoms with Crippen molar-refractivity contribution in [3.63, 3.8) is 0 Å². The Labute approximate surface area is 95.6 Å². The molecule has 0 aliphatic heterocycles. The molecule has 0 aliphatic carbocycles. The minimum atomic E-state index is -2.92. The van der Waals surface area contributed by atoms with Crippen molar-refractivity contribution >= 4 is 73.6 Å². The topological polar surface area (TPSA) is 101 Å². The number of hydrogen-bond acceptors (Lipinski definition) is 3. The van der Waals surface area contributed by atoms with Gasteiger partial charge in [-0.15, -0.1) is 0 Å². The summed E-state index contributed by atoms with van der Waals surface area (Å²) in [5, 5.41) is 25.2. The molecule has 0 saturated carbocycles. The summed E-state index contributed by atoms with van der Waals surface area (Å²) >= 11 is 0. The van der Waals surface area contributed by atoms with Crippen LogP contribution in [0.25, 0.3) is 0 Å². The molecular weight excluding hydrogens is 239 g/mol. The molecule has 0 unspecified atom stereocenters. The monoisotopic (exact) mass is 244 g/mol. The van der Waals surface area contributed by atoms with E-state index in [1.165, 1.54) is 0 Å². The third-order valence-electron chi connectivity index (χ3n) is 0. The maximum Gasteiger partial charge on any atom is 3.00 e. The fourth-order valence-corrected chi connectivity index (χ4v) is 0. The Kier molecular flexibility index (Phi) is 51.6. The molecule has 7 heteroatoms. The van der Waals surface area contributed by atoms with Crippen LogP contribution in [0.5, 0.6) is 0 Å². The Bertz CT molecular complexity index is 23.3. The van der Waals surface area contributed by atoms with Gasteiger partial charge in [0, 0.05) is 0 Å². The van der Waals surface area contributed by atoms with E-state index >= 15 is 0 Å². The molecule has 7 heavy (non-hydrogen) atoms. The molecule has 36 valence electrons. The van der Waals surface area contributed by atoms with Crippen LogP contribution in [0.1, 0.15) is 2.85 Å².